The van der Waals surface area contributed by atoms with Crippen molar-refractivity contribution in [3.63, 3.8) is 0 Å². The highest BCUT2D eigenvalue weighted by Gasteiger charge is 2.38. The van der Waals surface area contributed by atoms with E-state index in [0.717, 1.165) is 35.2 Å². The normalized spacial score (nSPS) is 20.9. The number of benzene rings is 1. The van der Waals surface area contributed by atoms with Gasteiger partial charge in [-0.2, -0.15) is 0 Å². The molecule has 0 saturated carbocycles. The molecule has 26 heavy (non-hydrogen) atoms. The SMILES string of the molecule is CCC(=O)N[C@@H]1CCc2c1cncc2N1C(=O)c2ccc(Cl)cc2[C@H]1C. The second-order valence-electron chi connectivity index (χ2n) is 6.82. The third kappa shape index (κ3) is 2.58. The number of hydrogen-bond donors (Lipinski definition) is 1. The Morgan fingerprint density at radius 1 is 1.35 bits per heavy atom. The van der Waals surface area contributed by atoms with Gasteiger partial charge in [0.05, 0.1) is 24.0 Å². The summed E-state index contributed by atoms with van der Waals surface area (Å²) in [6.45, 7) is 3.84. The lowest BCUT2D eigenvalue weighted by molar-refractivity contribution is -0.121. The van der Waals surface area contributed by atoms with Gasteiger partial charge in [-0.25, -0.2) is 0 Å². The van der Waals surface area contributed by atoms with Gasteiger partial charge >= 0.3 is 0 Å². The first-order valence-electron chi connectivity index (χ1n) is 8.90. The third-order valence-corrected chi connectivity index (χ3v) is 5.58. The summed E-state index contributed by atoms with van der Waals surface area (Å²) < 4.78 is 0. The summed E-state index contributed by atoms with van der Waals surface area (Å²) >= 11 is 6.12. The second-order valence-corrected chi connectivity index (χ2v) is 7.26. The summed E-state index contributed by atoms with van der Waals surface area (Å²) in [7, 11) is 0. The van der Waals surface area contributed by atoms with Gasteiger partial charge < -0.3 is 5.32 Å². The van der Waals surface area contributed by atoms with Crippen LogP contribution in [0.4, 0.5) is 5.69 Å². The molecule has 0 unspecified atom stereocenters. The minimum atomic E-state index is -0.103. The van der Waals surface area contributed by atoms with Crippen LogP contribution in [-0.4, -0.2) is 16.8 Å². The highest BCUT2D eigenvalue weighted by molar-refractivity contribution is 6.31. The lowest BCUT2D eigenvalue weighted by Crippen LogP contribution is -2.28. The lowest BCUT2D eigenvalue weighted by Gasteiger charge is -2.24. The Bertz CT molecular complexity index is 912. The molecule has 0 spiro atoms. The van der Waals surface area contributed by atoms with Gasteiger partial charge in [-0.15, -0.1) is 0 Å². The number of carbonyl (C=O) groups is 2. The van der Waals surface area contributed by atoms with Crippen molar-refractivity contribution in [3.8, 4) is 0 Å². The molecule has 0 saturated heterocycles. The highest BCUT2D eigenvalue weighted by Crippen LogP contribution is 2.43. The summed E-state index contributed by atoms with van der Waals surface area (Å²) in [5.41, 5.74) is 4.57. The van der Waals surface area contributed by atoms with Crippen LogP contribution in [0.5, 0.6) is 0 Å². The van der Waals surface area contributed by atoms with Gasteiger partial charge in [0.1, 0.15) is 0 Å². The number of rotatable bonds is 3. The molecule has 5 nitrogen and oxygen atoms in total. The predicted octanol–water partition coefficient (Wildman–Crippen LogP) is 3.97. The Kier molecular flexibility index (Phi) is 4.19. The minimum absolute atomic E-state index is 0.0274. The zero-order chi connectivity index (χ0) is 18.4. The van der Waals surface area contributed by atoms with E-state index in [0.29, 0.717) is 17.0 Å². The van der Waals surface area contributed by atoms with Crippen molar-refractivity contribution in [1.82, 2.24) is 10.3 Å². The fourth-order valence-corrected chi connectivity index (χ4v) is 4.18. The maximum atomic E-state index is 13.0. The monoisotopic (exact) mass is 369 g/mol. The van der Waals surface area contributed by atoms with Crippen LogP contribution >= 0.6 is 11.6 Å². The third-order valence-electron chi connectivity index (χ3n) is 5.34. The maximum absolute atomic E-state index is 13.0. The van der Waals surface area contributed by atoms with Crippen LogP contribution in [0.2, 0.25) is 5.02 Å². The van der Waals surface area contributed by atoms with E-state index in [9.17, 15) is 9.59 Å². The molecule has 4 rings (SSSR count). The summed E-state index contributed by atoms with van der Waals surface area (Å²) in [6, 6.07) is 5.26. The van der Waals surface area contributed by atoms with Crippen molar-refractivity contribution in [3.05, 3.63) is 57.9 Å². The molecule has 1 aliphatic carbocycles. The number of aromatic nitrogens is 1. The molecule has 1 aromatic carbocycles. The fourth-order valence-electron chi connectivity index (χ4n) is 4.00. The largest absolute Gasteiger partial charge is 0.349 e. The van der Waals surface area contributed by atoms with Gasteiger partial charge in [0, 0.05) is 23.2 Å². The van der Waals surface area contributed by atoms with Crippen molar-refractivity contribution in [2.75, 3.05) is 4.90 Å². The average molecular weight is 370 g/mol. The predicted molar refractivity (Wildman–Crippen MR) is 100 cm³/mol. The first-order valence-corrected chi connectivity index (χ1v) is 9.28. The van der Waals surface area contributed by atoms with Crippen molar-refractivity contribution in [2.45, 2.75) is 45.2 Å². The number of nitrogens with one attached hydrogen (secondary N) is 1. The smallest absolute Gasteiger partial charge is 0.259 e. The summed E-state index contributed by atoms with van der Waals surface area (Å²) in [5.74, 6) is 0.00123. The molecule has 6 heteroatoms. The number of amides is 2. The number of carbonyl (C=O) groups excluding carboxylic acids is 2. The quantitative estimate of drug-likeness (QED) is 0.890. The molecule has 0 radical (unpaired) electrons. The molecule has 2 aliphatic rings. The van der Waals surface area contributed by atoms with Gasteiger partial charge in [0.2, 0.25) is 5.91 Å². The standard InChI is InChI=1S/C20H20ClN3O2/c1-3-19(25)23-17-7-6-13-16(17)9-22-10-18(13)24-11(2)15-8-12(21)4-5-14(15)20(24)26/h4-5,8-11,17H,3,6-7H2,1-2H3,(H,23,25)/t11-,17-/m1/s1. The van der Waals surface area contributed by atoms with Crippen LogP contribution in [0, 0.1) is 0 Å². The maximum Gasteiger partial charge on any atom is 0.259 e. The van der Waals surface area contributed by atoms with Crippen LogP contribution in [0.25, 0.3) is 0 Å². The first-order chi connectivity index (χ1) is 12.5. The lowest BCUT2D eigenvalue weighted by atomic mass is 10.1. The fraction of sp³-hybridized carbons (Fsp3) is 0.350. The van der Waals surface area contributed by atoms with Gasteiger partial charge in [0.15, 0.2) is 0 Å². The van der Waals surface area contributed by atoms with E-state index in [-0.39, 0.29) is 23.9 Å². The van der Waals surface area contributed by atoms with Gasteiger partial charge in [-0.1, -0.05) is 18.5 Å². The van der Waals surface area contributed by atoms with Gasteiger partial charge in [-0.3, -0.25) is 19.5 Å². The summed E-state index contributed by atoms with van der Waals surface area (Å²) in [4.78, 5) is 31.0. The van der Waals surface area contributed by atoms with Crippen LogP contribution in [0.1, 0.15) is 65.8 Å². The van der Waals surface area contributed by atoms with E-state index < -0.39 is 0 Å². The van der Waals surface area contributed by atoms with E-state index in [1.54, 1.807) is 23.2 Å². The minimum Gasteiger partial charge on any atom is -0.349 e. The molecule has 2 atom stereocenters. The Hall–Kier alpha value is -2.40. The molecular formula is C20H20ClN3O2. The van der Waals surface area contributed by atoms with Crippen molar-refractivity contribution in [1.29, 1.82) is 0 Å². The summed E-state index contributed by atoms with van der Waals surface area (Å²) in [6.07, 6.45) is 5.66. The molecular weight excluding hydrogens is 350 g/mol. The molecule has 134 valence electrons. The van der Waals surface area contributed by atoms with Gasteiger partial charge in [-0.05, 0) is 54.7 Å². The number of hydrogen-bond acceptors (Lipinski definition) is 3. The van der Waals surface area contributed by atoms with E-state index in [4.69, 9.17) is 11.6 Å². The van der Waals surface area contributed by atoms with Crippen LogP contribution in [0.15, 0.2) is 30.6 Å². The molecule has 2 amide bonds. The molecule has 0 bridgehead atoms. The highest BCUT2D eigenvalue weighted by atomic mass is 35.5. The van der Waals surface area contributed by atoms with E-state index in [2.05, 4.69) is 10.3 Å². The van der Waals surface area contributed by atoms with Crippen molar-refractivity contribution < 1.29 is 9.59 Å². The van der Waals surface area contributed by atoms with Crippen molar-refractivity contribution in [2.24, 2.45) is 0 Å². The Morgan fingerprint density at radius 3 is 2.92 bits per heavy atom. The Morgan fingerprint density at radius 2 is 2.15 bits per heavy atom. The van der Waals surface area contributed by atoms with E-state index in [1.807, 2.05) is 26.1 Å². The number of halogens is 1. The van der Waals surface area contributed by atoms with Crippen LogP contribution in [0.3, 0.4) is 0 Å². The number of pyridine rings is 1. The first kappa shape index (κ1) is 17.0. The average Bonchev–Trinajstić information content (AvgIpc) is 3.14. The zero-order valence-corrected chi connectivity index (χ0v) is 15.5. The van der Waals surface area contributed by atoms with E-state index in [1.165, 1.54) is 0 Å². The van der Waals surface area contributed by atoms with Crippen molar-refractivity contribution >= 4 is 29.1 Å². The van der Waals surface area contributed by atoms with Gasteiger partial charge in [0.25, 0.3) is 5.91 Å². The van der Waals surface area contributed by atoms with Crippen LogP contribution < -0.4 is 10.2 Å². The summed E-state index contributed by atoms with van der Waals surface area (Å²) in [5, 5.41) is 3.68. The molecule has 1 aliphatic heterocycles. The van der Waals surface area contributed by atoms with E-state index >= 15 is 0 Å². The number of anilines is 1. The van der Waals surface area contributed by atoms with Crippen LogP contribution in [-0.2, 0) is 11.2 Å². The molecule has 1 aromatic heterocycles. The number of fused-ring (bicyclic) bond motifs is 2. The topological polar surface area (TPSA) is 62.3 Å². The number of nitrogens with zero attached hydrogens (tertiary/aromatic N) is 2. The molecule has 1 N–H and O–H groups in total. The Labute approximate surface area is 157 Å². The molecule has 0 fully saturated rings. The molecule has 2 heterocycles. The second kappa shape index (κ2) is 6.40. The Balaban J connectivity index is 1.73. The molecule has 2 aromatic rings. The zero-order valence-electron chi connectivity index (χ0n) is 14.8.